The molecule has 2 aromatic rings. The normalized spacial score (nSPS) is 23.8. The van der Waals surface area contributed by atoms with Crippen LogP contribution in [-0.4, -0.2) is 67.5 Å². The fourth-order valence-corrected chi connectivity index (χ4v) is 5.16. The second-order valence-electron chi connectivity index (χ2n) is 7.93. The number of hydrogen-bond donors (Lipinski definition) is 1. The molecule has 5 heterocycles. The summed E-state index contributed by atoms with van der Waals surface area (Å²) in [5.41, 5.74) is 10.6. The molecule has 1 spiro atoms. The van der Waals surface area contributed by atoms with E-state index in [0.29, 0.717) is 12.5 Å². The Morgan fingerprint density at radius 3 is 2.87 bits per heavy atom. The van der Waals surface area contributed by atoms with E-state index in [0.717, 1.165) is 68.0 Å². The third-order valence-electron chi connectivity index (χ3n) is 5.98. The van der Waals surface area contributed by atoms with Crippen molar-refractivity contribution in [2.45, 2.75) is 25.7 Å². The highest BCUT2D eigenvalue weighted by Crippen LogP contribution is 2.37. The van der Waals surface area contributed by atoms with Crippen LogP contribution in [0.4, 0.5) is 4.79 Å². The zero-order valence-electron chi connectivity index (χ0n) is 17.3. The van der Waals surface area contributed by atoms with Crippen LogP contribution in [0.25, 0.3) is 15.8 Å². The topological polar surface area (TPSA) is 99.8 Å². The number of ether oxygens (including phenoxy) is 3. The van der Waals surface area contributed by atoms with E-state index in [2.05, 4.69) is 16.0 Å². The van der Waals surface area contributed by atoms with Crippen molar-refractivity contribution in [3.63, 3.8) is 0 Å². The molecule has 0 radical (unpaired) electrons. The van der Waals surface area contributed by atoms with Gasteiger partial charge in [-0.2, -0.15) is 0 Å². The molecular weight excluding hydrogens is 404 g/mol. The second-order valence-corrected chi connectivity index (χ2v) is 8.79. The molecule has 9 heteroatoms. The first-order valence-corrected chi connectivity index (χ1v) is 11.2. The van der Waals surface area contributed by atoms with E-state index in [4.69, 9.17) is 19.9 Å². The van der Waals surface area contributed by atoms with Crippen molar-refractivity contribution in [2.24, 2.45) is 11.1 Å². The summed E-state index contributed by atoms with van der Waals surface area (Å²) in [7, 11) is 1.62. The molecule has 162 valence electrons. The first kappa shape index (κ1) is 21.0. The number of primary amides is 1. The van der Waals surface area contributed by atoms with Gasteiger partial charge in [-0.15, -0.1) is 11.3 Å². The molecule has 0 saturated carbocycles. The molecule has 5 rings (SSSR count). The van der Waals surface area contributed by atoms with E-state index >= 15 is 0 Å². The van der Waals surface area contributed by atoms with Gasteiger partial charge in [0.2, 0.25) is 5.88 Å². The molecule has 3 aliphatic heterocycles. The minimum Gasteiger partial charge on any atom is -0.479 e. The van der Waals surface area contributed by atoms with Crippen LogP contribution in [0.15, 0.2) is 17.8 Å². The molecule has 0 aliphatic carbocycles. The number of pyridine rings is 1. The lowest BCUT2D eigenvalue weighted by Gasteiger charge is -2.32. The molecule has 1 atom stereocenters. The second kappa shape index (κ2) is 9.28. The van der Waals surface area contributed by atoms with Gasteiger partial charge in [-0.25, -0.2) is 14.8 Å². The van der Waals surface area contributed by atoms with E-state index in [1.807, 2.05) is 11.7 Å². The number of nitrogens with two attached hydrogens (primary N) is 1. The molecule has 2 aromatic heterocycles. The lowest BCUT2D eigenvalue weighted by molar-refractivity contribution is -0.000285. The number of likely N-dealkylation sites (tertiary alicyclic amines) is 1. The lowest BCUT2D eigenvalue weighted by atomic mass is 9.82. The number of hydrogen-bond acceptors (Lipinski definition) is 7. The van der Waals surface area contributed by atoms with Gasteiger partial charge in [0.05, 0.1) is 37.1 Å². The van der Waals surface area contributed by atoms with E-state index < -0.39 is 0 Å². The monoisotopic (exact) mass is 432 g/mol. The summed E-state index contributed by atoms with van der Waals surface area (Å²) in [5.74, 6) is 0.595. The molecule has 30 heavy (non-hydrogen) atoms. The molecule has 2 amide bonds. The molecular formula is C21H28N4O4S. The predicted molar refractivity (Wildman–Crippen MR) is 116 cm³/mol. The maximum Gasteiger partial charge on any atom is 0.314 e. The summed E-state index contributed by atoms with van der Waals surface area (Å²) < 4.78 is 17.1. The highest BCUT2D eigenvalue weighted by Gasteiger charge is 2.40. The summed E-state index contributed by atoms with van der Waals surface area (Å²) in [6.07, 6.45) is 8.27. The Morgan fingerprint density at radius 1 is 1.30 bits per heavy atom. The zero-order chi connectivity index (χ0) is 21.0. The molecule has 0 aromatic carbocycles. The van der Waals surface area contributed by atoms with Crippen LogP contribution in [0, 0.1) is 5.41 Å². The lowest BCUT2D eigenvalue weighted by Crippen LogP contribution is -2.39. The summed E-state index contributed by atoms with van der Waals surface area (Å²) in [6.45, 7) is 4.73. The van der Waals surface area contributed by atoms with E-state index in [1.165, 1.54) is 12.0 Å². The largest absolute Gasteiger partial charge is 0.479 e. The summed E-state index contributed by atoms with van der Waals surface area (Å²) in [5, 5.41) is 0. The van der Waals surface area contributed by atoms with Crippen LogP contribution in [0.3, 0.4) is 0 Å². The molecule has 3 aliphatic rings. The maximum absolute atomic E-state index is 10.9. The van der Waals surface area contributed by atoms with Gasteiger partial charge in [-0.1, -0.05) is 6.08 Å². The van der Waals surface area contributed by atoms with Crippen molar-refractivity contribution >= 4 is 33.2 Å². The number of aromatic nitrogens is 2. The van der Waals surface area contributed by atoms with Gasteiger partial charge in [0.1, 0.15) is 5.52 Å². The van der Waals surface area contributed by atoms with Crippen LogP contribution in [0.1, 0.15) is 31.2 Å². The number of nitrogens with zero attached hydrogens (tertiary/aromatic N) is 3. The van der Waals surface area contributed by atoms with Gasteiger partial charge < -0.3 is 24.8 Å². The number of fused-ring (bicyclic) bond motifs is 1. The number of carbonyl (C=O) groups is 1. The fraction of sp³-hybridized carbons (Fsp3) is 0.571. The number of thiazole rings is 1. The molecule has 2 saturated heterocycles. The average molecular weight is 433 g/mol. The minimum atomic E-state index is -0.289. The smallest absolute Gasteiger partial charge is 0.314 e. The molecule has 0 bridgehead atoms. The van der Waals surface area contributed by atoms with E-state index in [-0.39, 0.29) is 11.4 Å². The standard InChI is InChI=1S/C12H12N2O2S.C9H16N2O2/c1-15-12-10-11(17-7-14-10)9(6-13-12)8-2-4-16-5-3-8;10-8(12)11-4-3-9(6-11)2-1-5-13-7-9/h2,6-7H,3-5H2,1H3;1-7H2,(H2,10,12). The van der Waals surface area contributed by atoms with Gasteiger partial charge in [0, 0.05) is 36.9 Å². The Balaban J connectivity index is 0.000000151. The third kappa shape index (κ3) is 4.43. The van der Waals surface area contributed by atoms with Gasteiger partial charge in [-0.3, -0.25) is 0 Å². The van der Waals surface area contributed by atoms with E-state index in [1.54, 1.807) is 23.3 Å². The summed E-state index contributed by atoms with van der Waals surface area (Å²) in [4.78, 5) is 21.3. The quantitative estimate of drug-likeness (QED) is 0.783. The van der Waals surface area contributed by atoms with Crippen LogP contribution in [0.5, 0.6) is 5.88 Å². The van der Waals surface area contributed by atoms with Gasteiger partial charge in [0.15, 0.2) is 0 Å². The molecule has 1 unspecified atom stereocenters. The summed E-state index contributed by atoms with van der Waals surface area (Å²) >= 11 is 1.62. The number of methoxy groups -OCH3 is 1. The Bertz CT molecular complexity index is 923. The predicted octanol–water partition coefficient (Wildman–Crippen LogP) is 3.07. The first-order chi connectivity index (χ1) is 14.6. The van der Waals surface area contributed by atoms with E-state index in [9.17, 15) is 4.79 Å². The Hall–Kier alpha value is -2.23. The zero-order valence-corrected chi connectivity index (χ0v) is 18.1. The molecule has 8 nitrogen and oxygen atoms in total. The SMILES string of the molecule is COc1ncc(C2=CCOCC2)c2scnc12.NC(=O)N1CCC2(CCCOC2)C1. The Morgan fingerprint density at radius 2 is 2.20 bits per heavy atom. The Labute approximate surface area is 180 Å². The van der Waals surface area contributed by atoms with Crippen LogP contribution in [0.2, 0.25) is 0 Å². The van der Waals surface area contributed by atoms with Crippen LogP contribution in [-0.2, 0) is 9.47 Å². The van der Waals surface area contributed by atoms with Crippen molar-refractivity contribution in [2.75, 3.05) is 46.6 Å². The Kier molecular flexibility index (Phi) is 6.50. The van der Waals surface area contributed by atoms with Gasteiger partial charge in [-0.05, 0) is 31.3 Å². The average Bonchev–Trinajstić information content (AvgIpc) is 3.43. The molecule has 2 N–H and O–H groups in total. The minimum absolute atomic E-state index is 0.229. The van der Waals surface area contributed by atoms with Gasteiger partial charge in [0.25, 0.3) is 0 Å². The van der Waals surface area contributed by atoms with Crippen molar-refractivity contribution in [1.29, 1.82) is 0 Å². The molecule has 2 fully saturated rings. The van der Waals surface area contributed by atoms with Crippen LogP contribution < -0.4 is 10.5 Å². The van der Waals surface area contributed by atoms with Crippen molar-refractivity contribution < 1.29 is 19.0 Å². The number of amides is 2. The fourth-order valence-electron chi connectivity index (χ4n) is 4.34. The first-order valence-electron chi connectivity index (χ1n) is 10.3. The maximum atomic E-state index is 10.9. The van der Waals surface area contributed by atoms with Crippen LogP contribution >= 0.6 is 11.3 Å². The number of urea groups is 1. The van der Waals surface area contributed by atoms with Crippen molar-refractivity contribution in [3.8, 4) is 5.88 Å². The third-order valence-corrected chi connectivity index (χ3v) is 6.84. The van der Waals surface area contributed by atoms with Gasteiger partial charge >= 0.3 is 6.03 Å². The highest BCUT2D eigenvalue weighted by atomic mass is 32.1. The van der Waals surface area contributed by atoms with Crippen molar-refractivity contribution in [3.05, 3.63) is 23.3 Å². The highest BCUT2D eigenvalue weighted by molar-refractivity contribution is 7.17. The van der Waals surface area contributed by atoms with Crippen molar-refractivity contribution in [1.82, 2.24) is 14.9 Å². The summed E-state index contributed by atoms with van der Waals surface area (Å²) in [6, 6.07) is -0.289. The number of rotatable bonds is 2. The number of carbonyl (C=O) groups excluding carboxylic acids is 1.